The Labute approximate surface area is 172 Å². The number of esters is 1. The summed E-state index contributed by atoms with van der Waals surface area (Å²) >= 11 is 0. The van der Waals surface area contributed by atoms with Crippen molar-refractivity contribution in [2.24, 2.45) is 10.9 Å². The third-order valence-corrected chi connectivity index (χ3v) is 5.37. The van der Waals surface area contributed by atoms with Gasteiger partial charge < -0.3 is 4.74 Å². The van der Waals surface area contributed by atoms with E-state index < -0.39 is 0 Å². The van der Waals surface area contributed by atoms with Gasteiger partial charge in [0.15, 0.2) is 0 Å². The Morgan fingerprint density at radius 1 is 0.793 bits per heavy atom. The van der Waals surface area contributed by atoms with Crippen molar-refractivity contribution in [1.82, 2.24) is 0 Å². The van der Waals surface area contributed by atoms with Gasteiger partial charge in [-0.1, -0.05) is 91.0 Å². The number of carbonyl (C=O) groups is 1. The van der Waals surface area contributed by atoms with Crippen LogP contribution in [-0.4, -0.2) is 17.7 Å². The number of nitrogens with zero attached hydrogens (tertiary/aromatic N) is 1. The number of ether oxygens (including phenoxy) is 1. The first-order chi connectivity index (χ1) is 14.3. The van der Waals surface area contributed by atoms with E-state index in [4.69, 9.17) is 9.73 Å². The standard InChI is InChI=1S/C26H25NO2/c28-26(29-19-20-10-4-1-5-11-20)23-16-17-24(18-23)27-25(21-12-6-2-7-13-21)22-14-8-3-9-15-22/h1-15,23-24H,16-19H2/t23-,24?/m0/s1. The molecule has 1 aliphatic carbocycles. The number of carbonyl (C=O) groups excluding carboxylic acids is 1. The van der Waals surface area contributed by atoms with Crippen molar-refractivity contribution < 1.29 is 9.53 Å². The normalized spacial score (nSPS) is 18.2. The Morgan fingerprint density at radius 2 is 1.34 bits per heavy atom. The van der Waals surface area contributed by atoms with Crippen molar-refractivity contribution in [1.29, 1.82) is 0 Å². The van der Waals surface area contributed by atoms with Gasteiger partial charge in [-0.2, -0.15) is 0 Å². The van der Waals surface area contributed by atoms with Gasteiger partial charge in [-0.15, -0.1) is 0 Å². The Bertz CT molecular complexity index is 910. The predicted molar refractivity (Wildman–Crippen MR) is 116 cm³/mol. The summed E-state index contributed by atoms with van der Waals surface area (Å²) < 4.78 is 5.55. The molecule has 1 unspecified atom stereocenters. The molecule has 3 aromatic carbocycles. The largest absolute Gasteiger partial charge is 0.461 e. The van der Waals surface area contributed by atoms with Crippen molar-refractivity contribution in [2.45, 2.75) is 31.9 Å². The molecule has 2 atom stereocenters. The van der Waals surface area contributed by atoms with E-state index in [0.29, 0.717) is 6.61 Å². The minimum absolute atomic E-state index is 0.0692. The van der Waals surface area contributed by atoms with Crippen LogP contribution in [0.25, 0.3) is 0 Å². The monoisotopic (exact) mass is 383 g/mol. The number of hydrogen-bond acceptors (Lipinski definition) is 3. The maximum atomic E-state index is 12.5. The van der Waals surface area contributed by atoms with Gasteiger partial charge >= 0.3 is 5.97 Å². The fraction of sp³-hybridized carbons (Fsp3) is 0.231. The van der Waals surface area contributed by atoms with Crippen LogP contribution in [0.3, 0.4) is 0 Å². The molecule has 0 radical (unpaired) electrons. The van der Waals surface area contributed by atoms with Crippen LogP contribution in [0.4, 0.5) is 0 Å². The van der Waals surface area contributed by atoms with E-state index in [-0.39, 0.29) is 17.9 Å². The zero-order chi connectivity index (χ0) is 19.9. The van der Waals surface area contributed by atoms with Crippen LogP contribution in [0.1, 0.15) is 36.0 Å². The van der Waals surface area contributed by atoms with Gasteiger partial charge in [0, 0.05) is 11.1 Å². The lowest BCUT2D eigenvalue weighted by Gasteiger charge is -2.12. The van der Waals surface area contributed by atoms with Crippen molar-refractivity contribution in [2.75, 3.05) is 0 Å². The Kier molecular flexibility index (Phi) is 6.16. The van der Waals surface area contributed by atoms with E-state index in [2.05, 4.69) is 24.3 Å². The number of hydrogen-bond donors (Lipinski definition) is 0. The van der Waals surface area contributed by atoms with Crippen LogP contribution in [0.2, 0.25) is 0 Å². The first-order valence-electron chi connectivity index (χ1n) is 10.2. The SMILES string of the molecule is O=C(OCc1ccccc1)[C@H]1CCC(N=C(c2ccccc2)c2ccccc2)C1. The van der Waals surface area contributed by atoms with Crippen LogP contribution >= 0.6 is 0 Å². The average Bonchev–Trinajstić information content (AvgIpc) is 3.27. The molecule has 3 aromatic rings. The molecule has 1 fully saturated rings. The third-order valence-electron chi connectivity index (χ3n) is 5.37. The zero-order valence-corrected chi connectivity index (χ0v) is 16.4. The van der Waals surface area contributed by atoms with Crippen molar-refractivity contribution in [3.8, 4) is 0 Å². The Morgan fingerprint density at radius 3 is 1.93 bits per heavy atom. The summed E-state index contributed by atoms with van der Waals surface area (Å²) in [7, 11) is 0. The summed E-state index contributed by atoms with van der Waals surface area (Å²) in [6.07, 6.45) is 2.49. The van der Waals surface area contributed by atoms with Crippen molar-refractivity contribution in [3.63, 3.8) is 0 Å². The fourth-order valence-electron chi connectivity index (χ4n) is 3.83. The third kappa shape index (κ3) is 5.00. The van der Waals surface area contributed by atoms with Gasteiger partial charge in [0.25, 0.3) is 0 Å². The molecular weight excluding hydrogens is 358 g/mol. The summed E-state index contributed by atoms with van der Waals surface area (Å²) in [6, 6.07) is 30.5. The lowest BCUT2D eigenvalue weighted by atomic mass is 10.0. The molecule has 1 aliphatic rings. The van der Waals surface area contributed by atoms with Gasteiger partial charge in [-0.25, -0.2) is 0 Å². The van der Waals surface area contributed by atoms with Gasteiger partial charge in [-0.3, -0.25) is 9.79 Å². The lowest BCUT2D eigenvalue weighted by molar-refractivity contribution is -0.149. The summed E-state index contributed by atoms with van der Waals surface area (Å²) in [5.41, 5.74) is 4.22. The summed E-state index contributed by atoms with van der Waals surface area (Å²) in [5, 5.41) is 0. The highest BCUT2D eigenvalue weighted by Crippen LogP contribution is 2.30. The second-order valence-electron chi connectivity index (χ2n) is 7.47. The van der Waals surface area contributed by atoms with Crippen LogP contribution in [-0.2, 0) is 16.1 Å². The number of benzene rings is 3. The predicted octanol–water partition coefficient (Wildman–Crippen LogP) is 5.44. The molecule has 0 bridgehead atoms. The van der Waals surface area contributed by atoms with Gasteiger partial charge in [-0.05, 0) is 24.8 Å². The minimum Gasteiger partial charge on any atom is -0.461 e. The topological polar surface area (TPSA) is 38.7 Å². The lowest BCUT2D eigenvalue weighted by Crippen LogP contribution is -2.16. The van der Waals surface area contributed by atoms with E-state index in [1.54, 1.807) is 0 Å². The molecule has 0 heterocycles. The summed E-state index contributed by atoms with van der Waals surface area (Å²) in [5.74, 6) is -0.173. The van der Waals surface area contributed by atoms with Crippen LogP contribution in [0, 0.1) is 5.92 Å². The van der Waals surface area contributed by atoms with Crippen molar-refractivity contribution >= 4 is 11.7 Å². The van der Waals surface area contributed by atoms with Gasteiger partial charge in [0.1, 0.15) is 6.61 Å². The number of aliphatic imine (C=N–C) groups is 1. The first-order valence-corrected chi connectivity index (χ1v) is 10.2. The first kappa shape index (κ1) is 19.1. The highest BCUT2D eigenvalue weighted by atomic mass is 16.5. The van der Waals surface area contributed by atoms with Crippen LogP contribution < -0.4 is 0 Å². The second-order valence-corrected chi connectivity index (χ2v) is 7.47. The molecule has 0 spiro atoms. The maximum absolute atomic E-state index is 12.5. The Balaban J connectivity index is 1.45. The fourth-order valence-corrected chi connectivity index (χ4v) is 3.83. The zero-order valence-electron chi connectivity index (χ0n) is 16.4. The van der Waals surface area contributed by atoms with E-state index in [1.165, 1.54) is 0 Å². The van der Waals surface area contributed by atoms with Crippen LogP contribution in [0.15, 0.2) is 96.0 Å². The molecule has 3 nitrogen and oxygen atoms in total. The molecular formula is C26H25NO2. The summed E-state index contributed by atoms with van der Waals surface area (Å²) in [4.78, 5) is 17.6. The molecule has 146 valence electrons. The molecule has 0 saturated heterocycles. The Hall–Kier alpha value is -3.20. The molecule has 0 N–H and O–H groups in total. The molecule has 0 aromatic heterocycles. The van der Waals surface area contributed by atoms with Crippen LogP contribution in [0.5, 0.6) is 0 Å². The molecule has 1 saturated carbocycles. The molecule has 0 aliphatic heterocycles. The smallest absolute Gasteiger partial charge is 0.309 e. The molecule has 4 rings (SSSR count). The second kappa shape index (κ2) is 9.33. The van der Waals surface area contributed by atoms with E-state index in [9.17, 15) is 4.79 Å². The summed E-state index contributed by atoms with van der Waals surface area (Å²) in [6.45, 7) is 0.337. The molecule has 3 heteroatoms. The van der Waals surface area contributed by atoms with E-state index >= 15 is 0 Å². The van der Waals surface area contributed by atoms with Gasteiger partial charge in [0.2, 0.25) is 0 Å². The minimum atomic E-state index is -0.104. The van der Waals surface area contributed by atoms with Crippen molar-refractivity contribution in [3.05, 3.63) is 108 Å². The maximum Gasteiger partial charge on any atom is 0.309 e. The van der Waals surface area contributed by atoms with E-state index in [0.717, 1.165) is 41.7 Å². The molecule has 0 amide bonds. The number of rotatable bonds is 6. The van der Waals surface area contributed by atoms with Gasteiger partial charge in [0.05, 0.1) is 17.7 Å². The average molecular weight is 383 g/mol. The quantitative estimate of drug-likeness (QED) is 0.420. The van der Waals surface area contributed by atoms with E-state index in [1.807, 2.05) is 66.7 Å². The highest BCUT2D eigenvalue weighted by molar-refractivity contribution is 6.13. The molecule has 29 heavy (non-hydrogen) atoms. The highest BCUT2D eigenvalue weighted by Gasteiger charge is 2.31.